The molecule has 1 saturated heterocycles. The van der Waals surface area contributed by atoms with E-state index in [9.17, 15) is 4.79 Å². The third kappa shape index (κ3) is 3.39. The highest BCUT2D eigenvalue weighted by Gasteiger charge is 2.22. The Morgan fingerprint density at radius 3 is 2.33 bits per heavy atom. The molecule has 0 radical (unpaired) electrons. The second kappa shape index (κ2) is 6.64. The molecule has 1 amide bonds. The molecule has 2 N–H and O–H groups in total. The van der Waals surface area contributed by atoms with Crippen molar-refractivity contribution in [1.82, 2.24) is 4.90 Å². The second-order valence-electron chi connectivity index (χ2n) is 4.77. The van der Waals surface area contributed by atoms with Crippen LogP contribution in [0.2, 0.25) is 0 Å². The van der Waals surface area contributed by atoms with Gasteiger partial charge in [-0.25, -0.2) is 0 Å². The van der Waals surface area contributed by atoms with Crippen LogP contribution in [0.1, 0.15) is 36.5 Å². The van der Waals surface area contributed by atoms with Crippen LogP contribution >= 0.6 is 12.4 Å². The molecule has 0 unspecified atom stereocenters. The predicted molar refractivity (Wildman–Crippen MR) is 77.0 cm³/mol. The van der Waals surface area contributed by atoms with Crippen LogP contribution in [0.4, 0.5) is 5.69 Å². The number of hydrogen-bond donors (Lipinski definition) is 1. The molecule has 1 heterocycles. The van der Waals surface area contributed by atoms with Crippen LogP contribution in [0, 0.1) is 5.92 Å². The lowest BCUT2D eigenvalue weighted by molar-refractivity contribution is 0.0689. The maximum absolute atomic E-state index is 12.2. The van der Waals surface area contributed by atoms with E-state index < -0.39 is 0 Å². The van der Waals surface area contributed by atoms with Gasteiger partial charge in [0, 0.05) is 24.3 Å². The first-order valence-corrected chi connectivity index (χ1v) is 6.35. The highest BCUT2D eigenvalue weighted by Crippen LogP contribution is 2.21. The van der Waals surface area contributed by atoms with Crippen molar-refractivity contribution in [2.45, 2.75) is 26.2 Å². The Morgan fingerprint density at radius 1 is 1.28 bits per heavy atom. The van der Waals surface area contributed by atoms with Crippen molar-refractivity contribution in [3.8, 4) is 0 Å². The van der Waals surface area contributed by atoms with E-state index in [0.717, 1.165) is 37.4 Å². The smallest absolute Gasteiger partial charge is 0.253 e. The van der Waals surface area contributed by atoms with E-state index in [0.29, 0.717) is 5.69 Å². The number of halogens is 1. The summed E-state index contributed by atoms with van der Waals surface area (Å²) in [6.07, 6.45) is 3.50. The number of nitrogens with two attached hydrogens (primary N) is 1. The lowest BCUT2D eigenvalue weighted by Gasteiger charge is -2.31. The van der Waals surface area contributed by atoms with E-state index in [1.165, 1.54) is 6.42 Å². The monoisotopic (exact) mass is 268 g/mol. The normalized spacial score (nSPS) is 16.2. The number of carbonyl (C=O) groups excluding carboxylic acids is 1. The fourth-order valence-corrected chi connectivity index (χ4v) is 2.35. The molecule has 3 nitrogen and oxygen atoms in total. The highest BCUT2D eigenvalue weighted by molar-refractivity contribution is 5.94. The number of amides is 1. The van der Waals surface area contributed by atoms with Gasteiger partial charge in [0.05, 0.1) is 0 Å². The molecular formula is C14H21ClN2O. The molecular weight excluding hydrogens is 248 g/mol. The number of anilines is 1. The Kier molecular flexibility index (Phi) is 5.48. The highest BCUT2D eigenvalue weighted by atomic mass is 35.5. The third-order valence-corrected chi connectivity index (χ3v) is 3.64. The van der Waals surface area contributed by atoms with Crippen LogP contribution < -0.4 is 5.73 Å². The summed E-state index contributed by atoms with van der Waals surface area (Å²) in [5, 5.41) is 0. The van der Waals surface area contributed by atoms with Gasteiger partial charge in [-0.1, -0.05) is 13.3 Å². The van der Waals surface area contributed by atoms with Crippen LogP contribution in [0.5, 0.6) is 0 Å². The number of piperidine rings is 1. The number of nitrogen functional groups attached to an aromatic ring is 1. The van der Waals surface area contributed by atoms with Crippen molar-refractivity contribution in [3.63, 3.8) is 0 Å². The average Bonchev–Trinajstić information content (AvgIpc) is 2.39. The van der Waals surface area contributed by atoms with Gasteiger partial charge in [-0.05, 0) is 43.0 Å². The summed E-state index contributed by atoms with van der Waals surface area (Å²) in [6, 6.07) is 7.19. The fraction of sp³-hybridized carbons (Fsp3) is 0.500. The molecule has 0 spiro atoms. The van der Waals surface area contributed by atoms with Gasteiger partial charge in [-0.15, -0.1) is 12.4 Å². The van der Waals surface area contributed by atoms with Crippen molar-refractivity contribution < 1.29 is 4.79 Å². The van der Waals surface area contributed by atoms with E-state index in [-0.39, 0.29) is 18.3 Å². The number of nitrogens with zero attached hydrogens (tertiary/aromatic N) is 1. The Bertz CT molecular complexity index is 383. The van der Waals surface area contributed by atoms with Crippen molar-refractivity contribution in [2.24, 2.45) is 5.92 Å². The van der Waals surface area contributed by atoms with Gasteiger partial charge in [0.25, 0.3) is 5.91 Å². The zero-order chi connectivity index (χ0) is 12.3. The van der Waals surface area contributed by atoms with Crippen molar-refractivity contribution in [2.75, 3.05) is 18.8 Å². The van der Waals surface area contributed by atoms with Gasteiger partial charge in [0.15, 0.2) is 0 Å². The summed E-state index contributed by atoms with van der Waals surface area (Å²) < 4.78 is 0. The lowest BCUT2D eigenvalue weighted by Crippen LogP contribution is -2.38. The van der Waals surface area contributed by atoms with E-state index in [1.807, 2.05) is 17.0 Å². The average molecular weight is 269 g/mol. The second-order valence-corrected chi connectivity index (χ2v) is 4.77. The molecule has 1 fully saturated rings. The Morgan fingerprint density at radius 2 is 1.83 bits per heavy atom. The molecule has 1 aliphatic rings. The van der Waals surface area contributed by atoms with Gasteiger partial charge >= 0.3 is 0 Å². The number of rotatable bonds is 2. The number of carbonyl (C=O) groups is 1. The number of hydrogen-bond acceptors (Lipinski definition) is 2. The lowest BCUT2D eigenvalue weighted by atomic mass is 9.94. The Balaban J connectivity index is 0.00000162. The summed E-state index contributed by atoms with van der Waals surface area (Å²) in [6.45, 7) is 4.01. The van der Waals surface area contributed by atoms with E-state index >= 15 is 0 Å². The summed E-state index contributed by atoms with van der Waals surface area (Å²) >= 11 is 0. The van der Waals surface area contributed by atoms with Crippen LogP contribution in [0.15, 0.2) is 24.3 Å². The molecule has 0 saturated carbocycles. The van der Waals surface area contributed by atoms with Gasteiger partial charge in [-0.2, -0.15) is 0 Å². The number of likely N-dealkylation sites (tertiary alicyclic amines) is 1. The van der Waals surface area contributed by atoms with Gasteiger partial charge in [-0.3, -0.25) is 4.79 Å². The van der Waals surface area contributed by atoms with Crippen molar-refractivity contribution >= 4 is 24.0 Å². The molecule has 0 aromatic heterocycles. The maximum Gasteiger partial charge on any atom is 0.253 e. The van der Waals surface area contributed by atoms with E-state index in [1.54, 1.807) is 12.1 Å². The Labute approximate surface area is 115 Å². The first kappa shape index (κ1) is 14.8. The third-order valence-electron chi connectivity index (χ3n) is 3.64. The van der Waals surface area contributed by atoms with Gasteiger partial charge in [0.1, 0.15) is 0 Å². The molecule has 0 aliphatic carbocycles. The SMILES string of the molecule is CCC1CCN(C(=O)c2ccc(N)cc2)CC1.Cl. The zero-order valence-corrected chi connectivity index (χ0v) is 11.6. The minimum Gasteiger partial charge on any atom is -0.399 e. The summed E-state index contributed by atoms with van der Waals surface area (Å²) in [7, 11) is 0. The maximum atomic E-state index is 12.2. The number of benzene rings is 1. The predicted octanol–water partition coefficient (Wildman–Crippen LogP) is 2.95. The molecule has 1 aromatic carbocycles. The van der Waals surface area contributed by atoms with Gasteiger partial charge in [0.2, 0.25) is 0 Å². The van der Waals surface area contributed by atoms with Crippen LogP contribution in [0.25, 0.3) is 0 Å². The summed E-state index contributed by atoms with van der Waals surface area (Å²) in [5.74, 6) is 0.935. The molecule has 1 aromatic rings. The molecule has 18 heavy (non-hydrogen) atoms. The van der Waals surface area contributed by atoms with Crippen LogP contribution in [0.3, 0.4) is 0 Å². The van der Waals surface area contributed by atoms with Crippen molar-refractivity contribution in [1.29, 1.82) is 0 Å². The van der Waals surface area contributed by atoms with E-state index in [4.69, 9.17) is 5.73 Å². The molecule has 0 atom stereocenters. The summed E-state index contributed by atoms with van der Waals surface area (Å²) in [5.41, 5.74) is 7.06. The Hall–Kier alpha value is -1.22. The molecule has 0 bridgehead atoms. The topological polar surface area (TPSA) is 46.3 Å². The molecule has 2 rings (SSSR count). The fourth-order valence-electron chi connectivity index (χ4n) is 2.35. The molecule has 100 valence electrons. The zero-order valence-electron chi connectivity index (χ0n) is 10.8. The minimum absolute atomic E-state index is 0. The first-order valence-electron chi connectivity index (χ1n) is 6.35. The molecule has 1 aliphatic heterocycles. The quantitative estimate of drug-likeness (QED) is 0.839. The minimum atomic E-state index is 0. The summed E-state index contributed by atoms with van der Waals surface area (Å²) in [4.78, 5) is 14.1. The first-order chi connectivity index (χ1) is 8.20. The largest absolute Gasteiger partial charge is 0.399 e. The van der Waals surface area contributed by atoms with E-state index in [2.05, 4.69) is 6.92 Å². The van der Waals surface area contributed by atoms with Crippen LogP contribution in [-0.4, -0.2) is 23.9 Å². The van der Waals surface area contributed by atoms with Crippen molar-refractivity contribution in [3.05, 3.63) is 29.8 Å². The van der Waals surface area contributed by atoms with Gasteiger partial charge < -0.3 is 10.6 Å². The molecule has 4 heteroatoms. The standard InChI is InChI=1S/C14H20N2O.ClH/c1-2-11-7-9-16(10-8-11)14(17)12-3-5-13(15)6-4-12;/h3-6,11H,2,7-10,15H2,1H3;1H. The van der Waals surface area contributed by atoms with Crippen LogP contribution in [-0.2, 0) is 0 Å².